The van der Waals surface area contributed by atoms with Gasteiger partial charge in [-0.1, -0.05) is 31.9 Å². The minimum Gasteiger partial charge on any atom is -0.310 e. The van der Waals surface area contributed by atoms with E-state index in [1.165, 1.54) is 0 Å². The Morgan fingerprint density at radius 2 is 1.79 bits per heavy atom. The molecule has 148 valence electrons. The maximum Gasteiger partial charge on any atom is 0.334 e. The highest BCUT2D eigenvalue weighted by atomic mass is 32.2. The molecule has 2 aliphatic heterocycles. The fourth-order valence-electron chi connectivity index (χ4n) is 4.11. The van der Waals surface area contributed by atoms with Crippen LogP contribution >= 0.6 is 11.8 Å². The van der Waals surface area contributed by atoms with Gasteiger partial charge in [0.05, 0.1) is 5.69 Å². The van der Waals surface area contributed by atoms with E-state index in [4.69, 9.17) is 0 Å². The van der Waals surface area contributed by atoms with Gasteiger partial charge in [-0.3, -0.25) is 19.3 Å². The monoisotopic (exact) mass is 401 g/mol. The molecule has 2 fully saturated rings. The Hall–Kier alpha value is -2.35. The van der Waals surface area contributed by atoms with Crippen LogP contribution in [0.5, 0.6) is 0 Å². The molecule has 7 nitrogen and oxygen atoms in total. The maximum atomic E-state index is 13.0. The van der Waals surface area contributed by atoms with Gasteiger partial charge >= 0.3 is 17.8 Å². The lowest BCUT2D eigenvalue weighted by Crippen LogP contribution is -2.45. The Balaban J connectivity index is 1.54. The van der Waals surface area contributed by atoms with Gasteiger partial charge < -0.3 is 4.90 Å². The highest BCUT2D eigenvalue weighted by Crippen LogP contribution is 2.37. The first-order valence-electron chi connectivity index (χ1n) is 9.72. The molecule has 1 atom stereocenters. The third-order valence-corrected chi connectivity index (χ3v) is 6.85. The van der Waals surface area contributed by atoms with Crippen molar-refractivity contribution in [2.75, 3.05) is 18.0 Å². The first-order valence-corrected chi connectivity index (χ1v) is 10.6. The molecule has 1 aliphatic carbocycles. The Bertz CT molecular complexity index is 836. The van der Waals surface area contributed by atoms with E-state index in [0.29, 0.717) is 11.8 Å². The van der Waals surface area contributed by atoms with E-state index in [0.717, 1.165) is 52.5 Å². The van der Waals surface area contributed by atoms with Crippen molar-refractivity contribution in [2.24, 2.45) is 0 Å². The third kappa shape index (κ3) is 3.30. The van der Waals surface area contributed by atoms with E-state index in [1.807, 2.05) is 24.3 Å². The molecule has 1 saturated heterocycles. The standard InChI is InChI=1S/C20H23N3O4S/c1-13-10-11-21(15-8-4-5-9-16(15)28-13)17(24)12-22-18(25)19(26)23(20(22)27)14-6-2-3-7-14/h4-5,8-9,13-14H,2-3,6-7,10-12H2,1H3. The Morgan fingerprint density at radius 3 is 2.54 bits per heavy atom. The Morgan fingerprint density at radius 1 is 1.07 bits per heavy atom. The number of thioether (sulfide) groups is 1. The first-order chi connectivity index (χ1) is 13.5. The van der Waals surface area contributed by atoms with E-state index in [2.05, 4.69) is 6.92 Å². The average molecular weight is 401 g/mol. The van der Waals surface area contributed by atoms with E-state index in [9.17, 15) is 19.2 Å². The van der Waals surface area contributed by atoms with Crippen LogP contribution < -0.4 is 4.90 Å². The van der Waals surface area contributed by atoms with Gasteiger partial charge in [0.25, 0.3) is 0 Å². The third-order valence-electron chi connectivity index (χ3n) is 5.61. The van der Waals surface area contributed by atoms with Crippen LogP contribution in [0.1, 0.15) is 39.0 Å². The summed E-state index contributed by atoms with van der Waals surface area (Å²) in [6, 6.07) is 6.77. The van der Waals surface area contributed by atoms with Gasteiger partial charge in [-0.25, -0.2) is 9.69 Å². The van der Waals surface area contributed by atoms with E-state index < -0.39 is 24.4 Å². The molecule has 0 aromatic heterocycles. The van der Waals surface area contributed by atoms with Crippen molar-refractivity contribution in [3.63, 3.8) is 0 Å². The van der Waals surface area contributed by atoms with Crippen LogP contribution in [0.25, 0.3) is 0 Å². The normalized spacial score (nSPS) is 23.4. The zero-order valence-corrected chi connectivity index (χ0v) is 16.6. The van der Waals surface area contributed by atoms with Crippen LogP contribution in [0.15, 0.2) is 29.2 Å². The van der Waals surface area contributed by atoms with Crippen LogP contribution in [-0.2, 0) is 14.4 Å². The van der Waals surface area contributed by atoms with Gasteiger partial charge in [-0.15, -0.1) is 11.8 Å². The van der Waals surface area contributed by atoms with E-state index in [-0.39, 0.29) is 11.9 Å². The van der Waals surface area contributed by atoms with Crippen molar-refractivity contribution in [3.05, 3.63) is 24.3 Å². The number of hydrogen-bond acceptors (Lipinski definition) is 5. The van der Waals surface area contributed by atoms with E-state index >= 15 is 0 Å². The van der Waals surface area contributed by atoms with Crippen molar-refractivity contribution < 1.29 is 19.2 Å². The second kappa shape index (κ2) is 7.58. The molecule has 5 amide bonds. The Kier molecular flexibility index (Phi) is 5.14. The highest BCUT2D eigenvalue weighted by molar-refractivity contribution is 8.00. The second-order valence-electron chi connectivity index (χ2n) is 7.52. The molecule has 0 spiro atoms. The summed E-state index contributed by atoms with van der Waals surface area (Å²) in [6.45, 7) is 2.22. The fraction of sp³-hybridized carbons (Fsp3) is 0.500. The summed E-state index contributed by atoms with van der Waals surface area (Å²) in [5, 5.41) is 0.355. The zero-order chi connectivity index (χ0) is 19.8. The average Bonchev–Trinajstić information content (AvgIpc) is 3.21. The molecule has 28 heavy (non-hydrogen) atoms. The molecule has 4 rings (SSSR count). The van der Waals surface area contributed by atoms with Gasteiger partial charge in [-0.05, 0) is 31.4 Å². The molecule has 1 unspecified atom stereocenters. The number of nitrogens with zero attached hydrogens (tertiary/aromatic N) is 3. The molecule has 0 N–H and O–H groups in total. The number of urea groups is 1. The summed E-state index contributed by atoms with van der Waals surface area (Å²) in [5.41, 5.74) is 0.792. The number of hydrogen-bond donors (Lipinski definition) is 0. The summed E-state index contributed by atoms with van der Waals surface area (Å²) in [4.78, 5) is 55.1. The lowest BCUT2D eigenvalue weighted by Gasteiger charge is -2.25. The largest absolute Gasteiger partial charge is 0.334 e. The summed E-state index contributed by atoms with van der Waals surface area (Å²) >= 11 is 1.71. The van der Waals surface area contributed by atoms with Gasteiger partial charge in [0.15, 0.2) is 0 Å². The van der Waals surface area contributed by atoms with Crippen LogP contribution in [0.4, 0.5) is 10.5 Å². The summed E-state index contributed by atoms with van der Waals surface area (Å²) < 4.78 is 0. The van der Waals surface area contributed by atoms with Gasteiger partial charge in [0.1, 0.15) is 6.54 Å². The number of carbonyl (C=O) groups is 4. The second-order valence-corrected chi connectivity index (χ2v) is 9.00. The predicted molar refractivity (Wildman–Crippen MR) is 105 cm³/mol. The summed E-state index contributed by atoms with van der Waals surface area (Å²) in [5.74, 6) is -2.04. The van der Waals surface area contributed by atoms with Crippen LogP contribution in [0.3, 0.4) is 0 Å². The summed E-state index contributed by atoms with van der Waals surface area (Å²) in [6.07, 6.45) is 4.13. The molecule has 2 heterocycles. The smallest absolute Gasteiger partial charge is 0.310 e. The number of benzene rings is 1. The van der Waals surface area contributed by atoms with Crippen LogP contribution in [0.2, 0.25) is 0 Å². The number of imide groups is 2. The van der Waals surface area contributed by atoms with Gasteiger partial charge in [0.2, 0.25) is 5.91 Å². The molecule has 3 aliphatic rings. The lowest BCUT2D eigenvalue weighted by atomic mass is 10.2. The number of carbonyl (C=O) groups excluding carboxylic acids is 4. The minimum absolute atomic E-state index is 0.222. The van der Waals surface area contributed by atoms with Crippen LogP contribution in [0, 0.1) is 0 Å². The number of anilines is 1. The van der Waals surface area contributed by atoms with Crippen LogP contribution in [-0.4, -0.2) is 57.9 Å². The van der Waals surface area contributed by atoms with E-state index in [1.54, 1.807) is 16.7 Å². The minimum atomic E-state index is -0.892. The molecule has 0 bridgehead atoms. The maximum absolute atomic E-state index is 13.0. The molecular weight excluding hydrogens is 378 g/mol. The number of para-hydroxylation sites is 1. The van der Waals surface area contributed by atoms with Crippen molar-refractivity contribution in [1.29, 1.82) is 0 Å². The molecule has 0 radical (unpaired) electrons. The van der Waals surface area contributed by atoms with Crippen molar-refractivity contribution >= 4 is 41.2 Å². The van der Waals surface area contributed by atoms with Crippen molar-refractivity contribution in [2.45, 2.75) is 55.2 Å². The molecular formula is C20H23N3O4S. The molecule has 1 aromatic carbocycles. The van der Waals surface area contributed by atoms with Gasteiger partial charge in [0, 0.05) is 22.7 Å². The number of rotatable bonds is 3. The van der Waals surface area contributed by atoms with Crippen molar-refractivity contribution in [1.82, 2.24) is 9.80 Å². The quantitative estimate of drug-likeness (QED) is 0.575. The fourth-order valence-corrected chi connectivity index (χ4v) is 5.23. The topological polar surface area (TPSA) is 78.0 Å². The van der Waals surface area contributed by atoms with Crippen molar-refractivity contribution in [3.8, 4) is 0 Å². The Labute approximate surface area is 168 Å². The summed E-state index contributed by atoms with van der Waals surface area (Å²) in [7, 11) is 0. The SMILES string of the molecule is CC1CCN(C(=O)CN2C(=O)C(=O)N(C3CCCC3)C2=O)c2ccccc2S1. The predicted octanol–water partition coefficient (Wildman–Crippen LogP) is 2.64. The lowest BCUT2D eigenvalue weighted by molar-refractivity contribution is -0.144. The molecule has 1 saturated carbocycles. The molecule has 1 aromatic rings. The number of amides is 5. The molecule has 8 heteroatoms. The zero-order valence-electron chi connectivity index (χ0n) is 15.8. The highest BCUT2D eigenvalue weighted by Gasteiger charge is 2.49. The first kappa shape index (κ1) is 19.0. The number of fused-ring (bicyclic) bond motifs is 1. The van der Waals surface area contributed by atoms with Gasteiger partial charge in [-0.2, -0.15) is 0 Å².